The molecule has 1 unspecified atom stereocenters. The zero-order valence-corrected chi connectivity index (χ0v) is 9.45. The highest BCUT2D eigenvalue weighted by atomic mass is 35.5. The Kier molecular flexibility index (Phi) is 4.15. The molecule has 0 heterocycles. The molecule has 0 aliphatic heterocycles. The van der Waals surface area contributed by atoms with Crippen molar-refractivity contribution >= 4 is 17.5 Å². The number of nitrogens with zero attached hydrogens (tertiary/aromatic N) is 1. The molecule has 0 spiro atoms. The maximum atomic E-state index is 11.6. The van der Waals surface area contributed by atoms with Crippen LogP contribution >= 0.6 is 11.6 Å². The molecule has 2 N–H and O–H groups in total. The fourth-order valence-electron chi connectivity index (χ4n) is 1.04. The average molecular weight is 239 g/mol. The number of carbonyl (C=O) groups excluding carboxylic acids is 1. The smallest absolute Gasteiger partial charge is 0.251 e. The Morgan fingerprint density at radius 3 is 2.94 bits per heavy atom. The summed E-state index contributed by atoms with van der Waals surface area (Å²) >= 11 is 5.67. The van der Waals surface area contributed by atoms with Crippen molar-refractivity contribution in [2.75, 3.05) is 6.54 Å². The van der Waals surface area contributed by atoms with Crippen LogP contribution in [0.5, 0.6) is 5.75 Å². The van der Waals surface area contributed by atoms with Gasteiger partial charge < -0.3 is 10.4 Å². The highest BCUT2D eigenvalue weighted by Crippen LogP contribution is 2.23. The van der Waals surface area contributed by atoms with Gasteiger partial charge >= 0.3 is 0 Å². The molecule has 1 aromatic carbocycles. The van der Waals surface area contributed by atoms with Gasteiger partial charge in [-0.3, -0.25) is 4.79 Å². The van der Waals surface area contributed by atoms with E-state index in [0.717, 1.165) is 0 Å². The Labute approximate surface area is 98.5 Å². The molecule has 5 heteroatoms. The molecule has 0 aromatic heterocycles. The van der Waals surface area contributed by atoms with Crippen molar-refractivity contribution in [1.29, 1.82) is 5.26 Å². The molecule has 16 heavy (non-hydrogen) atoms. The number of phenols is 1. The van der Waals surface area contributed by atoms with Crippen LogP contribution < -0.4 is 5.32 Å². The number of amides is 1. The topological polar surface area (TPSA) is 73.1 Å². The van der Waals surface area contributed by atoms with Gasteiger partial charge in [0.15, 0.2) is 0 Å². The third kappa shape index (κ3) is 3.14. The van der Waals surface area contributed by atoms with E-state index < -0.39 is 0 Å². The number of nitrogens with one attached hydrogen (secondary N) is 1. The first-order valence-corrected chi connectivity index (χ1v) is 5.08. The highest BCUT2D eigenvalue weighted by Gasteiger charge is 2.09. The Bertz CT molecular complexity index is 440. The lowest BCUT2D eigenvalue weighted by Gasteiger charge is -2.06. The van der Waals surface area contributed by atoms with Crippen LogP contribution in [0.4, 0.5) is 0 Å². The lowest BCUT2D eigenvalue weighted by Crippen LogP contribution is -2.27. The largest absolute Gasteiger partial charge is 0.506 e. The number of rotatable bonds is 3. The average Bonchev–Trinajstić information content (AvgIpc) is 2.29. The van der Waals surface area contributed by atoms with Crippen LogP contribution in [0.25, 0.3) is 0 Å². The van der Waals surface area contributed by atoms with Gasteiger partial charge in [-0.15, -0.1) is 0 Å². The number of hydrogen-bond donors (Lipinski definition) is 2. The zero-order valence-electron chi connectivity index (χ0n) is 8.70. The van der Waals surface area contributed by atoms with E-state index in [-0.39, 0.29) is 29.1 Å². The van der Waals surface area contributed by atoms with E-state index >= 15 is 0 Å². The summed E-state index contributed by atoms with van der Waals surface area (Å²) in [4.78, 5) is 11.6. The maximum absolute atomic E-state index is 11.6. The minimum Gasteiger partial charge on any atom is -0.506 e. The van der Waals surface area contributed by atoms with Gasteiger partial charge in [0.05, 0.1) is 17.0 Å². The second-order valence-corrected chi connectivity index (χ2v) is 3.81. The van der Waals surface area contributed by atoms with Crippen molar-refractivity contribution in [2.45, 2.75) is 6.92 Å². The number of phenolic OH excluding ortho intramolecular Hbond substituents is 1. The molecule has 84 valence electrons. The van der Waals surface area contributed by atoms with Crippen LogP contribution in [0.2, 0.25) is 5.02 Å². The second-order valence-electron chi connectivity index (χ2n) is 3.41. The minimum absolute atomic E-state index is 0.0661. The summed E-state index contributed by atoms with van der Waals surface area (Å²) in [7, 11) is 0. The third-order valence-electron chi connectivity index (χ3n) is 2.00. The van der Waals surface area contributed by atoms with E-state index in [9.17, 15) is 9.90 Å². The molecule has 0 saturated heterocycles. The van der Waals surface area contributed by atoms with E-state index in [2.05, 4.69) is 5.32 Å². The van der Waals surface area contributed by atoms with Gasteiger partial charge in [0, 0.05) is 12.1 Å². The lowest BCUT2D eigenvalue weighted by atomic mass is 10.2. The molecule has 1 aromatic rings. The van der Waals surface area contributed by atoms with Crippen molar-refractivity contribution in [3.05, 3.63) is 28.8 Å². The first-order chi connectivity index (χ1) is 7.54. The first-order valence-electron chi connectivity index (χ1n) is 4.71. The van der Waals surface area contributed by atoms with Gasteiger partial charge in [0.1, 0.15) is 5.75 Å². The Balaban J connectivity index is 2.67. The van der Waals surface area contributed by atoms with E-state index in [1.807, 2.05) is 6.07 Å². The van der Waals surface area contributed by atoms with Gasteiger partial charge in [0.25, 0.3) is 5.91 Å². The summed E-state index contributed by atoms with van der Waals surface area (Å²) in [5, 5.41) is 20.4. The lowest BCUT2D eigenvalue weighted by molar-refractivity contribution is 0.0951. The van der Waals surface area contributed by atoms with Crippen LogP contribution in [-0.2, 0) is 0 Å². The van der Waals surface area contributed by atoms with Gasteiger partial charge in [-0.25, -0.2) is 0 Å². The summed E-state index contributed by atoms with van der Waals surface area (Å²) in [6.45, 7) is 2.00. The predicted molar refractivity (Wildman–Crippen MR) is 60.2 cm³/mol. The highest BCUT2D eigenvalue weighted by molar-refractivity contribution is 6.32. The summed E-state index contributed by atoms with van der Waals surface area (Å²) in [5.74, 6) is -0.621. The maximum Gasteiger partial charge on any atom is 0.251 e. The van der Waals surface area contributed by atoms with Gasteiger partial charge in [-0.1, -0.05) is 11.6 Å². The SMILES string of the molecule is CC(C#N)CNC(=O)c1ccc(O)c(Cl)c1. The molecular formula is C11H11ClN2O2. The van der Waals surface area contributed by atoms with Gasteiger partial charge in [-0.05, 0) is 25.1 Å². The van der Waals surface area contributed by atoms with Gasteiger partial charge in [-0.2, -0.15) is 5.26 Å². The van der Waals surface area contributed by atoms with Crippen LogP contribution in [0.15, 0.2) is 18.2 Å². The minimum atomic E-state index is -0.316. The molecular weight excluding hydrogens is 228 g/mol. The molecule has 1 atom stereocenters. The summed E-state index contributed by atoms with van der Waals surface area (Å²) in [5.41, 5.74) is 0.355. The van der Waals surface area contributed by atoms with Crippen LogP contribution in [0, 0.1) is 17.2 Å². The van der Waals surface area contributed by atoms with E-state index in [0.29, 0.717) is 5.56 Å². The normalized spacial score (nSPS) is 11.6. The molecule has 0 aliphatic carbocycles. The molecule has 1 rings (SSSR count). The number of benzene rings is 1. The molecule has 1 amide bonds. The van der Waals surface area contributed by atoms with E-state index in [4.69, 9.17) is 16.9 Å². The summed E-state index contributed by atoms with van der Waals surface area (Å²) in [6, 6.07) is 6.21. The van der Waals surface area contributed by atoms with E-state index in [1.54, 1.807) is 6.92 Å². The van der Waals surface area contributed by atoms with Crippen LogP contribution in [0.1, 0.15) is 17.3 Å². The van der Waals surface area contributed by atoms with E-state index in [1.165, 1.54) is 18.2 Å². The van der Waals surface area contributed by atoms with Gasteiger partial charge in [0.2, 0.25) is 0 Å². The molecule has 4 nitrogen and oxygen atoms in total. The van der Waals surface area contributed by atoms with Crippen molar-refractivity contribution in [3.8, 4) is 11.8 Å². The number of hydrogen-bond acceptors (Lipinski definition) is 3. The predicted octanol–water partition coefficient (Wildman–Crippen LogP) is 1.94. The monoisotopic (exact) mass is 238 g/mol. The van der Waals surface area contributed by atoms with Crippen LogP contribution in [-0.4, -0.2) is 17.6 Å². The molecule has 0 aliphatic rings. The molecule has 0 radical (unpaired) electrons. The Hall–Kier alpha value is -1.73. The van der Waals surface area contributed by atoms with Crippen molar-refractivity contribution in [1.82, 2.24) is 5.32 Å². The summed E-state index contributed by atoms with van der Waals surface area (Å²) < 4.78 is 0. The summed E-state index contributed by atoms with van der Waals surface area (Å²) in [6.07, 6.45) is 0. The van der Waals surface area contributed by atoms with Crippen molar-refractivity contribution in [2.24, 2.45) is 5.92 Å². The molecule has 0 saturated carbocycles. The molecule has 0 fully saturated rings. The number of aromatic hydroxyl groups is 1. The third-order valence-corrected chi connectivity index (χ3v) is 2.30. The van der Waals surface area contributed by atoms with Crippen LogP contribution in [0.3, 0.4) is 0 Å². The zero-order chi connectivity index (χ0) is 12.1. The fourth-order valence-corrected chi connectivity index (χ4v) is 1.22. The second kappa shape index (κ2) is 5.38. The first kappa shape index (κ1) is 12.3. The van der Waals surface area contributed by atoms with Crippen molar-refractivity contribution < 1.29 is 9.90 Å². The molecule has 0 bridgehead atoms. The Morgan fingerprint density at radius 2 is 2.38 bits per heavy atom. The number of carbonyl (C=O) groups is 1. The van der Waals surface area contributed by atoms with Crippen molar-refractivity contribution in [3.63, 3.8) is 0 Å². The quantitative estimate of drug-likeness (QED) is 0.845. The number of nitriles is 1. The standard InChI is InChI=1S/C11H11ClN2O2/c1-7(5-13)6-14-11(16)8-2-3-10(15)9(12)4-8/h2-4,7,15H,6H2,1H3,(H,14,16). The number of halogens is 1. The fraction of sp³-hybridized carbons (Fsp3) is 0.273. The Morgan fingerprint density at radius 1 is 1.69 bits per heavy atom.